The number of carbonyl (C=O) groups excluding carboxylic acids is 1. The zero-order chi connectivity index (χ0) is 21.3. The Morgan fingerprint density at radius 1 is 1.20 bits per heavy atom. The average Bonchev–Trinajstić information content (AvgIpc) is 3.15. The van der Waals surface area contributed by atoms with E-state index in [2.05, 4.69) is 22.2 Å². The molecule has 1 saturated heterocycles. The molecule has 162 valence electrons. The van der Waals surface area contributed by atoms with Crippen LogP contribution in [0, 0.1) is 5.92 Å². The van der Waals surface area contributed by atoms with Crippen LogP contribution in [0.5, 0.6) is 0 Å². The number of thiazole rings is 1. The fourth-order valence-corrected chi connectivity index (χ4v) is 6.81. The van der Waals surface area contributed by atoms with Crippen LogP contribution in [0.2, 0.25) is 0 Å². The van der Waals surface area contributed by atoms with Crippen LogP contribution in [0.25, 0.3) is 0 Å². The molecular formula is C20H26N4O3S3. The van der Waals surface area contributed by atoms with E-state index in [1.807, 2.05) is 18.4 Å². The third-order valence-corrected chi connectivity index (χ3v) is 9.33. The number of piperidine rings is 1. The normalized spacial score (nSPS) is 18.9. The third kappa shape index (κ3) is 4.57. The molecule has 1 N–H and O–H groups in total. The summed E-state index contributed by atoms with van der Waals surface area (Å²) in [4.78, 5) is 22.1. The highest BCUT2D eigenvalue weighted by molar-refractivity contribution is 7.98. The number of carbonyl (C=O) groups is 1. The van der Waals surface area contributed by atoms with Gasteiger partial charge in [0, 0.05) is 48.3 Å². The highest BCUT2D eigenvalue weighted by Gasteiger charge is 2.32. The number of nitrogens with zero attached hydrogens (tertiary/aromatic N) is 3. The summed E-state index contributed by atoms with van der Waals surface area (Å²) in [6, 6.07) is 6.95. The van der Waals surface area contributed by atoms with Gasteiger partial charge in [-0.05, 0) is 50.4 Å². The minimum Gasteiger partial charge on any atom is -0.302 e. The first-order chi connectivity index (χ1) is 14.4. The molecule has 2 aromatic rings. The van der Waals surface area contributed by atoms with E-state index in [1.54, 1.807) is 35.2 Å². The number of anilines is 1. The van der Waals surface area contributed by atoms with Gasteiger partial charge in [-0.25, -0.2) is 13.4 Å². The molecule has 0 saturated carbocycles. The number of rotatable bonds is 5. The topological polar surface area (TPSA) is 82.6 Å². The number of fused-ring (bicyclic) bond motifs is 1. The largest absolute Gasteiger partial charge is 0.302 e. The zero-order valence-corrected chi connectivity index (χ0v) is 19.6. The number of amides is 1. The van der Waals surface area contributed by atoms with Gasteiger partial charge in [0.1, 0.15) is 0 Å². The summed E-state index contributed by atoms with van der Waals surface area (Å²) < 4.78 is 27.3. The van der Waals surface area contributed by atoms with E-state index < -0.39 is 10.0 Å². The van der Waals surface area contributed by atoms with Gasteiger partial charge in [0.05, 0.1) is 10.6 Å². The van der Waals surface area contributed by atoms with E-state index in [-0.39, 0.29) is 11.8 Å². The molecule has 2 aliphatic rings. The van der Waals surface area contributed by atoms with Crippen molar-refractivity contribution in [2.75, 3.05) is 38.3 Å². The Labute approximate surface area is 185 Å². The average molecular weight is 467 g/mol. The zero-order valence-electron chi connectivity index (χ0n) is 17.1. The van der Waals surface area contributed by atoms with E-state index in [1.165, 1.54) is 9.18 Å². The van der Waals surface area contributed by atoms with E-state index in [0.717, 1.165) is 30.1 Å². The maximum Gasteiger partial charge on any atom is 0.243 e. The van der Waals surface area contributed by atoms with Gasteiger partial charge in [-0.2, -0.15) is 4.31 Å². The van der Waals surface area contributed by atoms with Crippen LogP contribution in [-0.4, -0.2) is 61.5 Å². The van der Waals surface area contributed by atoms with Gasteiger partial charge in [0.15, 0.2) is 5.13 Å². The summed E-state index contributed by atoms with van der Waals surface area (Å²) in [6.45, 7) is 2.56. The van der Waals surface area contributed by atoms with Crippen molar-refractivity contribution in [1.82, 2.24) is 14.2 Å². The highest BCUT2D eigenvalue weighted by atomic mass is 32.2. The summed E-state index contributed by atoms with van der Waals surface area (Å²) in [6.07, 6.45) is 3.90. The molecule has 1 aromatic carbocycles. The Bertz CT molecular complexity index is 1010. The minimum absolute atomic E-state index is 0.0594. The second-order valence-corrected chi connectivity index (χ2v) is 11.6. The van der Waals surface area contributed by atoms with Gasteiger partial charge in [-0.15, -0.1) is 23.1 Å². The molecule has 3 heterocycles. The predicted octanol–water partition coefficient (Wildman–Crippen LogP) is 2.89. The second-order valence-electron chi connectivity index (χ2n) is 7.72. The molecule has 4 rings (SSSR count). The standard InChI is InChI=1S/C20H26N4O3S3/c1-23-10-9-17-18(13-23)29-20(21-17)22-19(25)14-7-11-24(12-8-14)30(26,27)16-5-3-15(28-2)4-6-16/h3-6,14H,7-13H2,1-2H3,(H,21,22,25). The van der Waals surface area contributed by atoms with Crippen LogP contribution in [-0.2, 0) is 27.8 Å². The molecule has 1 amide bonds. The Morgan fingerprint density at radius 3 is 2.57 bits per heavy atom. The van der Waals surface area contributed by atoms with Crippen molar-refractivity contribution in [2.24, 2.45) is 5.92 Å². The molecule has 30 heavy (non-hydrogen) atoms. The molecule has 10 heteroatoms. The lowest BCUT2D eigenvalue weighted by Crippen LogP contribution is -2.41. The molecule has 0 aliphatic carbocycles. The van der Waals surface area contributed by atoms with Crippen LogP contribution in [0.15, 0.2) is 34.1 Å². The molecule has 1 aromatic heterocycles. The molecular weight excluding hydrogens is 440 g/mol. The molecule has 1 fully saturated rings. The van der Waals surface area contributed by atoms with Gasteiger partial charge in [-0.3, -0.25) is 4.79 Å². The van der Waals surface area contributed by atoms with Gasteiger partial charge in [-0.1, -0.05) is 0 Å². The number of nitrogens with one attached hydrogen (secondary N) is 1. The number of thioether (sulfide) groups is 1. The van der Waals surface area contributed by atoms with Crippen molar-refractivity contribution < 1.29 is 13.2 Å². The second kappa shape index (κ2) is 8.96. The molecule has 0 atom stereocenters. The lowest BCUT2D eigenvalue weighted by atomic mass is 9.97. The molecule has 7 nitrogen and oxygen atoms in total. The number of aromatic nitrogens is 1. The van der Waals surface area contributed by atoms with Crippen molar-refractivity contribution in [1.29, 1.82) is 0 Å². The Morgan fingerprint density at radius 2 is 1.90 bits per heavy atom. The lowest BCUT2D eigenvalue weighted by Gasteiger charge is -2.30. The summed E-state index contributed by atoms with van der Waals surface area (Å²) in [5, 5.41) is 3.62. The lowest BCUT2D eigenvalue weighted by molar-refractivity contribution is -0.120. The van der Waals surface area contributed by atoms with E-state index >= 15 is 0 Å². The van der Waals surface area contributed by atoms with Crippen molar-refractivity contribution in [3.05, 3.63) is 34.8 Å². The molecule has 0 spiro atoms. The van der Waals surface area contributed by atoms with Crippen LogP contribution in [0.3, 0.4) is 0 Å². The smallest absolute Gasteiger partial charge is 0.243 e. The minimum atomic E-state index is -3.52. The number of hydrogen-bond acceptors (Lipinski definition) is 7. The summed E-state index contributed by atoms with van der Waals surface area (Å²) in [5.41, 5.74) is 1.09. The van der Waals surface area contributed by atoms with Gasteiger partial charge >= 0.3 is 0 Å². The summed E-state index contributed by atoms with van der Waals surface area (Å²) in [5.74, 6) is -0.255. The van der Waals surface area contributed by atoms with E-state index in [9.17, 15) is 13.2 Å². The Kier molecular flexibility index (Phi) is 6.50. The first-order valence-corrected chi connectivity index (χ1v) is 13.5. The quantitative estimate of drug-likeness (QED) is 0.683. The molecule has 2 aliphatic heterocycles. The van der Waals surface area contributed by atoms with Crippen LogP contribution in [0.1, 0.15) is 23.4 Å². The van der Waals surface area contributed by atoms with Gasteiger partial charge in [0.25, 0.3) is 0 Å². The number of likely N-dealkylation sites (N-methyl/N-ethyl adjacent to an activating group) is 1. The highest BCUT2D eigenvalue weighted by Crippen LogP contribution is 2.30. The maximum atomic E-state index is 12.9. The number of sulfonamides is 1. The SMILES string of the molecule is CSc1ccc(S(=O)(=O)N2CCC(C(=O)Nc3nc4c(s3)CN(C)CC4)CC2)cc1. The first-order valence-electron chi connectivity index (χ1n) is 9.99. The Hall–Kier alpha value is -1.46. The fourth-order valence-electron chi connectivity index (χ4n) is 3.84. The van der Waals surface area contributed by atoms with Crippen LogP contribution < -0.4 is 5.32 Å². The first kappa shape index (κ1) is 21.8. The van der Waals surface area contributed by atoms with E-state index in [4.69, 9.17) is 0 Å². The molecule has 0 bridgehead atoms. The van der Waals surface area contributed by atoms with Crippen molar-refractivity contribution in [3.8, 4) is 0 Å². The fraction of sp³-hybridized carbons (Fsp3) is 0.500. The predicted molar refractivity (Wildman–Crippen MR) is 120 cm³/mol. The van der Waals surface area contributed by atoms with Crippen molar-refractivity contribution in [3.63, 3.8) is 0 Å². The van der Waals surface area contributed by atoms with Crippen LogP contribution >= 0.6 is 23.1 Å². The summed E-state index contributed by atoms with van der Waals surface area (Å²) >= 11 is 3.12. The molecule has 0 radical (unpaired) electrons. The van der Waals surface area contributed by atoms with Gasteiger partial charge in [0.2, 0.25) is 15.9 Å². The van der Waals surface area contributed by atoms with Crippen molar-refractivity contribution in [2.45, 2.75) is 35.6 Å². The van der Waals surface area contributed by atoms with Crippen LogP contribution in [0.4, 0.5) is 5.13 Å². The van der Waals surface area contributed by atoms with Crippen molar-refractivity contribution >= 4 is 44.2 Å². The summed E-state index contributed by atoms with van der Waals surface area (Å²) in [7, 11) is -1.44. The third-order valence-electron chi connectivity index (χ3n) is 5.67. The number of benzene rings is 1. The Balaban J connectivity index is 1.35. The molecule has 0 unspecified atom stereocenters. The monoisotopic (exact) mass is 466 g/mol. The number of hydrogen-bond donors (Lipinski definition) is 1. The van der Waals surface area contributed by atoms with Gasteiger partial charge < -0.3 is 10.2 Å². The van der Waals surface area contributed by atoms with E-state index in [0.29, 0.717) is 36.0 Å². The maximum absolute atomic E-state index is 12.9.